The molecule has 0 saturated heterocycles. The zero-order chi connectivity index (χ0) is 16.9. The van der Waals surface area contributed by atoms with Gasteiger partial charge in [-0.05, 0) is 64.8 Å². The fraction of sp³-hybridized carbons (Fsp3) is 0.944. The summed E-state index contributed by atoms with van der Waals surface area (Å²) < 4.78 is 5.33. The van der Waals surface area contributed by atoms with E-state index < -0.39 is 5.60 Å². The number of amides is 1. The number of nitrogens with one attached hydrogen (secondary N) is 2. The van der Waals surface area contributed by atoms with Crippen molar-refractivity contribution in [2.24, 2.45) is 17.6 Å². The van der Waals surface area contributed by atoms with Gasteiger partial charge in [0, 0.05) is 18.6 Å². The summed E-state index contributed by atoms with van der Waals surface area (Å²) in [5.74, 6) is 1.12. The Morgan fingerprint density at radius 3 is 2.35 bits per heavy atom. The van der Waals surface area contributed by atoms with Crippen LogP contribution in [0.3, 0.4) is 0 Å². The number of nitrogens with two attached hydrogens (primary N) is 1. The van der Waals surface area contributed by atoms with Crippen molar-refractivity contribution < 1.29 is 9.53 Å². The third-order valence-corrected chi connectivity index (χ3v) is 5.21. The highest BCUT2D eigenvalue weighted by atomic mass is 16.6. The third-order valence-electron chi connectivity index (χ3n) is 5.21. The average molecular weight is 325 g/mol. The van der Waals surface area contributed by atoms with Crippen molar-refractivity contribution >= 4 is 6.09 Å². The van der Waals surface area contributed by atoms with E-state index >= 15 is 0 Å². The van der Waals surface area contributed by atoms with Crippen LogP contribution in [0.4, 0.5) is 4.79 Å². The molecule has 0 aromatic rings. The van der Waals surface area contributed by atoms with Crippen LogP contribution in [0, 0.1) is 11.8 Å². The van der Waals surface area contributed by atoms with Crippen molar-refractivity contribution in [1.29, 1.82) is 0 Å². The Kier molecular flexibility index (Phi) is 6.72. The summed E-state index contributed by atoms with van der Waals surface area (Å²) >= 11 is 0. The highest BCUT2D eigenvalue weighted by Gasteiger charge is 2.32. The van der Waals surface area contributed by atoms with Gasteiger partial charge in [0.1, 0.15) is 5.60 Å². The maximum Gasteiger partial charge on any atom is 0.407 e. The summed E-state index contributed by atoms with van der Waals surface area (Å²) in [4.78, 5) is 11.8. The van der Waals surface area contributed by atoms with Crippen LogP contribution in [0.25, 0.3) is 0 Å². The molecule has 5 nitrogen and oxygen atoms in total. The van der Waals surface area contributed by atoms with Crippen LogP contribution in [-0.2, 0) is 4.74 Å². The molecule has 0 aromatic carbocycles. The Balaban J connectivity index is 1.79. The predicted molar refractivity (Wildman–Crippen MR) is 93.3 cm³/mol. The third kappa shape index (κ3) is 5.96. The SMILES string of the molecule is CC(C)(C)OC(=O)NCC1CCCC1NC1CCCCC1CN. The zero-order valence-electron chi connectivity index (χ0n) is 15.1. The van der Waals surface area contributed by atoms with E-state index in [1.165, 1.54) is 44.9 Å². The van der Waals surface area contributed by atoms with Gasteiger partial charge in [0.05, 0.1) is 0 Å². The Bertz CT molecular complexity index is 381. The summed E-state index contributed by atoms with van der Waals surface area (Å²) in [7, 11) is 0. The molecule has 0 bridgehead atoms. The van der Waals surface area contributed by atoms with E-state index in [1.807, 2.05) is 20.8 Å². The first-order valence-corrected chi connectivity index (χ1v) is 9.32. The van der Waals surface area contributed by atoms with Crippen molar-refractivity contribution in [3.63, 3.8) is 0 Å². The molecule has 5 heteroatoms. The first-order chi connectivity index (χ1) is 10.9. The molecule has 2 rings (SSSR count). The molecule has 23 heavy (non-hydrogen) atoms. The monoisotopic (exact) mass is 325 g/mol. The summed E-state index contributed by atoms with van der Waals surface area (Å²) in [5, 5.41) is 6.82. The molecule has 0 aromatic heterocycles. The highest BCUT2D eigenvalue weighted by Crippen LogP contribution is 2.29. The lowest BCUT2D eigenvalue weighted by Crippen LogP contribution is -2.49. The van der Waals surface area contributed by atoms with Crippen LogP contribution >= 0.6 is 0 Å². The van der Waals surface area contributed by atoms with Crippen molar-refractivity contribution in [1.82, 2.24) is 10.6 Å². The molecule has 4 unspecified atom stereocenters. The lowest BCUT2D eigenvalue weighted by atomic mass is 9.83. The summed E-state index contributed by atoms with van der Waals surface area (Å²) in [6.07, 6.45) is 8.42. The van der Waals surface area contributed by atoms with E-state index in [0.717, 1.165) is 6.54 Å². The number of rotatable bonds is 5. The van der Waals surface area contributed by atoms with Crippen molar-refractivity contribution in [3.8, 4) is 0 Å². The zero-order valence-corrected chi connectivity index (χ0v) is 15.1. The van der Waals surface area contributed by atoms with E-state index in [1.54, 1.807) is 0 Å². The smallest absolute Gasteiger partial charge is 0.407 e. The van der Waals surface area contributed by atoms with Crippen LogP contribution < -0.4 is 16.4 Å². The van der Waals surface area contributed by atoms with Gasteiger partial charge in [0.2, 0.25) is 0 Å². The molecule has 1 amide bonds. The first kappa shape index (κ1) is 18.5. The Morgan fingerprint density at radius 2 is 1.65 bits per heavy atom. The fourth-order valence-electron chi connectivity index (χ4n) is 4.01. The molecule has 2 saturated carbocycles. The summed E-state index contributed by atoms with van der Waals surface area (Å²) in [5.41, 5.74) is 5.51. The molecule has 4 atom stereocenters. The summed E-state index contributed by atoms with van der Waals surface area (Å²) in [6.45, 7) is 7.16. The van der Waals surface area contributed by atoms with Crippen LogP contribution in [0.1, 0.15) is 65.7 Å². The molecule has 2 aliphatic rings. The van der Waals surface area contributed by atoms with Crippen molar-refractivity contribution in [2.45, 2.75) is 83.4 Å². The second kappa shape index (κ2) is 8.34. The Labute approximate surface area is 141 Å². The summed E-state index contributed by atoms with van der Waals surface area (Å²) in [6, 6.07) is 1.06. The average Bonchev–Trinajstić information content (AvgIpc) is 2.91. The van der Waals surface area contributed by atoms with E-state index in [9.17, 15) is 4.79 Å². The lowest BCUT2D eigenvalue weighted by Gasteiger charge is -2.35. The molecular formula is C18H35N3O2. The maximum absolute atomic E-state index is 11.8. The van der Waals surface area contributed by atoms with Gasteiger partial charge >= 0.3 is 6.09 Å². The predicted octanol–water partition coefficient (Wildman–Crippen LogP) is 2.79. The standard InChI is InChI=1S/C18H35N3O2/c1-18(2,3)23-17(22)20-12-14-8-6-10-16(14)21-15-9-5-4-7-13(15)11-19/h13-16,21H,4-12,19H2,1-3H3,(H,20,22). The second-order valence-corrected chi connectivity index (χ2v) is 8.23. The Morgan fingerprint density at radius 1 is 1.04 bits per heavy atom. The van der Waals surface area contributed by atoms with Crippen LogP contribution in [0.2, 0.25) is 0 Å². The number of carbonyl (C=O) groups excluding carboxylic acids is 1. The molecule has 2 fully saturated rings. The number of hydrogen-bond acceptors (Lipinski definition) is 4. The molecule has 0 spiro atoms. The van der Waals surface area contributed by atoms with Gasteiger partial charge in [-0.3, -0.25) is 0 Å². The van der Waals surface area contributed by atoms with E-state index in [4.69, 9.17) is 10.5 Å². The molecule has 134 valence electrons. The minimum Gasteiger partial charge on any atom is -0.444 e. The topological polar surface area (TPSA) is 76.4 Å². The molecule has 2 aliphatic carbocycles. The molecule has 0 heterocycles. The number of alkyl carbamates (subject to hydrolysis) is 1. The van der Waals surface area contributed by atoms with Gasteiger partial charge in [-0.25, -0.2) is 4.79 Å². The molecular weight excluding hydrogens is 290 g/mol. The van der Waals surface area contributed by atoms with Crippen molar-refractivity contribution in [3.05, 3.63) is 0 Å². The van der Waals surface area contributed by atoms with Gasteiger partial charge in [0.15, 0.2) is 0 Å². The highest BCUT2D eigenvalue weighted by molar-refractivity contribution is 5.67. The van der Waals surface area contributed by atoms with Crippen LogP contribution in [0.15, 0.2) is 0 Å². The fourth-order valence-corrected chi connectivity index (χ4v) is 4.01. The van der Waals surface area contributed by atoms with Gasteiger partial charge in [-0.2, -0.15) is 0 Å². The minimum atomic E-state index is -0.437. The number of hydrogen-bond donors (Lipinski definition) is 3. The molecule has 0 aliphatic heterocycles. The van der Waals surface area contributed by atoms with Gasteiger partial charge in [-0.1, -0.05) is 19.3 Å². The van der Waals surface area contributed by atoms with Gasteiger partial charge in [0.25, 0.3) is 0 Å². The van der Waals surface area contributed by atoms with Crippen molar-refractivity contribution in [2.75, 3.05) is 13.1 Å². The molecule has 4 N–H and O–H groups in total. The molecule has 0 radical (unpaired) electrons. The van der Waals surface area contributed by atoms with E-state index in [0.29, 0.717) is 30.5 Å². The number of carbonyl (C=O) groups is 1. The van der Waals surface area contributed by atoms with Crippen LogP contribution in [-0.4, -0.2) is 36.9 Å². The first-order valence-electron chi connectivity index (χ1n) is 9.32. The van der Waals surface area contributed by atoms with Gasteiger partial charge < -0.3 is 21.1 Å². The van der Waals surface area contributed by atoms with E-state index in [2.05, 4.69) is 10.6 Å². The maximum atomic E-state index is 11.8. The van der Waals surface area contributed by atoms with Crippen LogP contribution in [0.5, 0.6) is 0 Å². The quantitative estimate of drug-likeness (QED) is 0.726. The second-order valence-electron chi connectivity index (χ2n) is 8.23. The Hall–Kier alpha value is -0.810. The van der Waals surface area contributed by atoms with Gasteiger partial charge in [-0.15, -0.1) is 0 Å². The van der Waals surface area contributed by atoms with E-state index in [-0.39, 0.29) is 6.09 Å². The minimum absolute atomic E-state index is 0.305. The largest absolute Gasteiger partial charge is 0.444 e. The number of ether oxygens (including phenoxy) is 1. The normalized spacial score (nSPS) is 31.8. The lowest BCUT2D eigenvalue weighted by molar-refractivity contribution is 0.0516.